The van der Waals surface area contributed by atoms with Crippen LogP contribution in [0, 0.1) is 0 Å². The van der Waals surface area contributed by atoms with Crippen molar-refractivity contribution < 1.29 is 31.8 Å². The Labute approximate surface area is 223 Å². The van der Waals surface area contributed by atoms with Gasteiger partial charge in [-0.25, -0.2) is 0 Å². The zero-order valence-corrected chi connectivity index (χ0v) is 22.3. The standard InChI is InChI=1S/2C9H7.2C7H6O2.CH2.Ti/c2*1-2-5-9-7-3-6-8(9)4-1;2*8-7(9)6-4-2-1-3-5-6;;/h2*1-7H;2*1-5H,(H,8,9);1H2;/q;;;;;+2/p-2. The van der Waals surface area contributed by atoms with Crippen molar-refractivity contribution in [3.05, 3.63) is 155 Å². The normalized spacial score (nSPS) is 17.5. The van der Waals surface area contributed by atoms with Crippen LogP contribution >= 0.6 is 0 Å². The Balaban J connectivity index is 1.60. The van der Waals surface area contributed by atoms with Crippen molar-refractivity contribution in [2.24, 2.45) is 0 Å². The van der Waals surface area contributed by atoms with Crippen LogP contribution in [0.1, 0.15) is 51.4 Å². The van der Waals surface area contributed by atoms with Gasteiger partial charge in [0.25, 0.3) is 0 Å². The van der Waals surface area contributed by atoms with Crippen molar-refractivity contribution in [1.29, 1.82) is 0 Å². The molecule has 0 aliphatic heterocycles. The maximum absolute atomic E-state index is 13.9. The van der Waals surface area contributed by atoms with E-state index in [1.807, 2.05) is 85.0 Å². The average molecular weight is 534 g/mol. The van der Waals surface area contributed by atoms with Crippen LogP contribution in [-0.2, 0) is 22.3 Å². The number of carbonyl (C=O) groups excluding carboxylic acids is 2. The first kappa shape index (κ1) is 24.2. The van der Waals surface area contributed by atoms with Crippen molar-refractivity contribution in [2.75, 3.05) is 0 Å². The van der Waals surface area contributed by atoms with Crippen LogP contribution in [0.5, 0.6) is 0 Å². The third-order valence-electron chi connectivity index (χ3n) is 7.57. The molecule has 0 amide bonds. The Bertz CT molecular complexity index is 1540. The van der Waals surface area contributed by atoms with Crippen LogP contribution < -0.4 is 0 Å². The molecule has 2 aliphatic carbocycles. The Morgan fingerprint density at radius 1 is 0.553 bits per heavy atom. The molecule has 0 radical (unpaired) electrons. The first-order valence-electron chi connectivity index (χ1n) is 12.6. The fourth-order valence-corrected chi connectivity index (χ4v) is 13.3. The molecule has 0 heterocycles. The molecule has 4 nitrogen and oxygen atoms in total. The predicted molar refractivity (Wildman–Crippen MR) is 147 cm³/mol. The molecule has 5 heteroatoms. The monoisotopic (exact) mass is 534 g/mol. The van der Waals surface area contributed by atoms with Crippen molar-refractivity contribution in [1.82, 2.24) is 0 Å². The van der Waals surface area contributed by atoms with Gasteiger partial charge < -0.3 is 0 Å². The second kappa shape index (κ2) is 9.32. The molecule has 4 aromatic rings. The van der Waals surface area contributed by atoms with E-state index < -0.39 is 36.0 Å². The van der Waals surface area contributed by atoms with Gasteiger partial charge in [-0.05, 0) is 0 Å². The SMILES string of the molecule is [CH2]=[Ti]([O]C(=O)c1ccccc1)([O]C(=O)c1ccccc1)([CH]1C=Cc2ccccc21)[CH]1C=Cc2ccccc21. The number of benzene rings is 4. The molecule has 2 unspecified atom stereocenters. The molecule has 0 aromatic heterocycles. The van der Waals surface area contributed by atoms with Crippen LogP contribution in [0.25, 0.3) is 12.2 Å². The van der Waals surface area contributed by atoms with E-state index in [2.05, 4.69) is 0 Å². The van der Waals surface area contributed by atoms with Crippen LogP contribution in [0.2, 0.25) is 0 Å². The third kappa shape index (κ3) is 3.94. The molecule has 2 atom stereocenters. The van der Waals surface area contributed by atoms with E-state index in [1.165, 1.54) is 0 Å². The number of rotatable bonds is 6. The predicted octanol–water partition coefficient (Wildman–Crippen LogP) is 7.19. The molecule has 186 valence electrons. The van der Waals surface area contributed by atoms with E-state index in [1.54, 1.807) is 48.5 Å². The number of allylic oxidation sites excluding steroid dienone is 2. The first-order chi connectivity index (χ1) is 18.5. The van der Waals surface area contributed by atoms with Gasteiger partial charge >= 0.3 is 224 Å². The summed E-state index contributed by atoms with van der Waals surface area (Å²) >= 11 is -5.57. The molecule has 0 fully saturated rings. The van der Waals surface area contributed by atoms with E-state index >= 15 is 0 Å². The fourth-order valence-electron chi connectivity index (χ4n) is 5.71. The van der Waals surface area contributed by atoms with Gasteiger partial charge in [-0.3, -0.25) is 0 Å². The molecule has 2 aliphatic rings. The van der Waals surface area contributed by atoms with Crippen molar-refractivity contribution in [3.8, 4) is 0 Å². The van der Waals surface area contributed by atoms with E-state index in [-0.39, 0.29) is 0 Å². The van der Waals surface area contributed by atoms with Gasteiger partial charge in [0.05, 0.1) is 0 Å². The number of hydrogen-bond donors (Lipinski definition) is 0. The second-order valence-corrected chi connectivity index (χ2v) is 16.9. The van der Waals surface area contributed by atoms with Gasteiger partial charge in [0, 0.05) is 0 Å². The summed E-state index contributed by atoms with van der Waals surface area (Å²) < 4.78 is 12.4. The van der Waals surface area contributed by atoms with E-state index in [9.17, 15) is 9.59 Å². The van der Waals surface area contributed by atoms with Gasteiger partial charge in [0.1, 0.15) is 0 Å². The zero-order valence-electron chi connectivity index (χ0n) is 20.7. The number of fused-ring (bicyclic) bond motifs is 2. The van der Waals surface area contributed by atoms with Crippen LogP contribution in [-0.4, -0.2) is 16.8 Å². The van der Waals surface area contributed by atoms with Crippen LogP contribution in [0.15, 0.2) is 121 Å². The molecular weight excluding hydrogens is 508 g/mol. The summed E-state index contributed by atoms with van der Waals surface area (Å²) in [5.41, 5.74) is 4.65. The van der Waals surface area contributed by atoms with Crippen molar-refractivity contribution in [3.63, 3.8) is 0 Å². The molecule has 0 saturated heterocycles. The second-order valence-electron chi connectivity index (χ2n) is 9.86. The number of carbonyl (C=O) groups is 2. The topological polar surface area (TPSA) is 52.6 Å². The zero-order chi connectivity index (χ0) is 26.2. The summed E-state index contributed by atoms with van der Waals surface area (Å²) in [5, 5.41) is 0. The van der Waals surface area contributed by atoms with Crippen molar-refractivity contribution in [2.45, 2.75) is 8.45 Å². The maximum atomic E-state index is 13.9. The average Bonchev–Trinajstić information content (AvgIpc) is 3.60. The summed E-state index contributed by atoms with van der Waals surface area (Å²) in [6, 6.07) is 33.5. The molecule has 0 bridgehead atoms. The summed E-state index contributed by atoms with van der Waals surface area (Å²) in [6.07, 6.45) is 8.01. The van der Waals surface area contributed by atoms with Gasteiger partial charge in [0.2, 0.25) is 0 Å². The van der Waals surface area contributed by atoms with Gasteiger partial charge in [-0.15, -0.1) is 0 Å². The van der Waals surface area contributed by atoms with E-state index in [0.717, 1.165) is 22.3 Å². The van der Waals surface area contributed by atoms with Crippen LogP contribution in [0.3, 0.4) is 0 Å². The van der Waals surface area contributed by atoms with Gasteiger partial charge in [0.15, 0.2) is 0 Å². The summed E-state index contributed by atoms with van der Waals surface area (Å²) in [5.74, 6) is -1.09. The Hall–Kier alpha value is -4.12. The summed E-state index contributed by atoms with van der Waals surface area (Å²) in [7, 11) is 0. The van der Waals surface area contributed by atoms with E-state index in [4.69, 9.17) is 11.5 Å². The molecule has 0 saturated carbocycles. The summed E-state index contributed by atoms with van der Waals surface area (Å²) in [4.78, 5) is 32.5. The minimum atomic E-state index is -5.57. The van der Waals surface area contributed by atoms with Crippen LogP contribution in [0.4, 0.5) is 0 Å². The van der Waals surface area contributed by atoms with Gasteiger partial charge in [-0.1, -0.05) is 0 Å². The Kier molecular flexibility index (Phi) is 5.95. The van der Waals surface area contributed by atoms with Gasteiger partial charge in [-0.2, -0.15) is 0 Å². The molecule has 38 heavy (non-hydrogen) atoms. The Morgan fingerprint density at radius 2 is 0.921 bits per heavy atom. The molecule has 0 spiro atoms. The molecular formula is C33H26O4Ti. The molecule has 6 rings (SSSR count). The summed E-state index contributed by atoms with van der Waals surface area (Å²) in [6.45, 7) is 0. The quantitative estimate of drug-likeness (QED) is 0.246. The minimum absolute atomic E-state index is 0.382. The van der Waals surface area contributed by atoms with Crippen molar-refractivity contribution >= 4 is 28.9 Å². The first-order valence-corrected chi connectivity index (χ1v) is 16.8. The molecule has 4 aromatic carbocycles. The molecule has 0 N–H and O–H groups in total. The van der Waals surface area contributed by atoms with E-state index in [0.29, 0.717) is 11.1 Å². The fraction of sp³-hybridized carbons (Fsp3) is 0.0606. The Morgan fingerprint density at radius 3 is 1.34 bits per heavy atom. The number of hydrogen-bond acceptors (Lipinski definition) is 4. The third-order valence-corrected chi connectivity index (χ3v) is 15.3.